The minimum atomic E-state index is -0.497. The number of hydrogen-bond donors (Lipinski definition) is 2. The highest BCUT2D eigenvalue weighted by molar-refractivity contribution is 6.13. The summed E-state index contributed by atoms with van der Waals surface area (Å²) in [6.45, 7) is 4.08. The summed E-state index contributed by atoms with van der Waals surface area (Å²) in [6.07, 6.45) is 2.25. The van der Waals surface area contributed by atoms with Crippen molar-refractivity contribution >= 4 is 11.7 Å². The van der Waals surface area contributed by atoms with Gasteiger partial charge in [-0.1, -0.05) is 24.2 Å². The van der Waals surface area contributed by atoms with Crippen LogP contribution in [0.3, 0.4) is 0 Å². The van der Waals surface area contributed by atoms with E-state index in [-0.39, 0.29) is 39.7 Å². The molecule has 0 saturated carbocycles. The lowest BCUT2D eigenvalue weighted by Crippen LogP contribution is -2.24. The first kappa shape index (κ1) is 17.6. The summed E-state index contributed by atoms with van der Waals surface area (Å²) < 4.78 is 19.2. The van der Waals surface area contributed by atoms with Gasteiger partial charge in [0.2, 0.25) is 0 Å². The second-order valence-electron chi connectivity index (χ2n) is 5.83. The smallest absolute Gasteiger partial charge is 0.267 e. The van der Waals surface area contributed by atoms with Crippen molar-refractivity contribution in [3.63, 3.8) is 0 Å². The standard InChI is InChI=1S/C19H18FN3O3/c1-3-8-21-19(25)15-9-12(10-22-15)18(24)16-11(2)26-23-17(16)13-6-4-5-7-14(13)20/h4-7,9-10,22H,3,8H2,1-2H3,(H,21,25). The molecule has 0 aliphatic carbocycles. The molecule has 0 radical (unpaired) electrons. The number of nitrogens with zero attached hydrogens (tertiary/aromatic N) is 1. The highest BCUT2D eigenvalue weighted by atomic mass is 19.1. The van der Waals surface area contributed by atoms with Gasteiger partial charge in [-0.3, -0.25) is 9.59 Å². The van der Waals surface area contributed by atoms with Crippen molar-refractivity contribution in [2.75, 3.05) is 6.54 Å². The zero-order chi connectivity index (χ0) is 18.7. The molecule has 0 atom stereocenters. The van der Waals surface area contributed by atoms with Crippen LogP contribution in [0.25, 0.3) is 11.3 Å². The molecule has 0 spiro atoms. The van der Waals surface area contributed by atoms with Crippen LogP contribution < -0.4 is 5.32 Å². The number of aromatic amines is 1. The van der Waals surface area contributed by atoms with Crippen LogP contribution in [0, 0.1) is 12.7 Å². The third-order valence-electron chi connectivity index (χ3n) is 3.94. The summed E-state index contributed by atoms with van der Waals surface area (Å²) in [5.74, 6) is -0.898. The fraction of sp³-hybridized carbons (Fsp3) is 0.211. The number of carbonyl (C=O) groups is 2. The molecule has 0 fully saturated rings. The van der Waals surface area contributed by atoms with E-state index in [1.807, 2.05) is 6.92 Å². The number of H-pyrrole nitrogens is 1. The average Bonchev–Trinajstić information content (AvgIpc) is 3.27. The number of carbonyl (C=O) groups excluding carboxylic acids is 2. The molecule has 1 amide bonds. The van der Waals surface area contributed by atoms with E-state index in [9.17, 15) is 14.0 Å². The van der Waals surface area contributed by atoms with Crippen molar-refractivity contribution in [2.45, 2.75) is 20.3 Å². The van der Waals surface area contributed by atoms with Crippen molar-refractivity contribution in [2.24, 2.45) is 0 Å². The minimum Gasteiger partial charge on any atom is -0.360 e. The fourth-order valence-electron chi connectivity index (χ4n) is 2.61. The van der Waals surface area contributed by atoms with Gasteiger partial charge in [-0.2, -0.15) is 0 Å². The number of ketones is 1. The van der Waals surface area contributed by atoms with Crippen LogP contribution >= 0.6 is 0 Å². The molecule has 1 aromatic carbocycles. The van der Waals surface area contributed by atoms with E-state index in [1.165, 1.54) is 24.4 Å². The first-order chi connectivity index (χ1) is 12.5. The van der Waals surface area contributed by atoms with Gasteiger partial charge in [-0.25, -0.2) is 4.39 Å². The molecule has 26 heavy (non-hydrogen) atoms. The van der Waals surface area contributed by atoms with Crippen LogP contribution in [-0.4, -0.2) is 28.4 Å². The predicted octanol–water partition coefficient (Wildman–Crippen LogP) is 3.49. The Morgan fingerprint density at radius 3 is 2.81 bits per heavy atom. The molecule has 0 unspecified atom stereocenters. The van der Waals surface area contributed by atoms with Crippen LogP contribution in [0.5, 0.6) is 0 Å². The third kappa shape index (κ3) is 3.28. The second-order valence-corrected chi connectivity index (χ2v) is 5.83. The second kappa shape index (κ2) is 7.35. The van der Waals surface area contributed by atoms with Gasteiger partial charge in [0.25, 0.3) is 5.91 Å². The predicted molar refractivity (Wildman–Crippen MR) is 93.5 cm³/mol. The number of hydrogen-bond acceptors (Lipinski definition) is 4. The van der Waals surface area contributed by atoms with Crippen LogP contribution in [0.1, 0.15) is 45.5 Å². The highest BCUT2D eigenvalue weighted by Crippen LogP contribution is 2.29. The molecule has 0 bridgehead atoms. The number of amides is 1. The molecule has 3 rings (SSSR count). The number of rotatable bonds is 6. The van der Waals surface area contributed by atoms with Crippen LogP contribution in [0.2, 0.25) is 0 Å². The van der Waals surface area contributed by atoms with Gasteiger partial charge in [-0.05, 0) is 31.5 Å². The van der Waals surface area contributed by atoms with Crippen molar-refractivity contribution in [1.29, 1.82) is 0 Å². The molecule has 0 aliphatic heterocycles. The Bertz CT molecular complexity index is 959. The quantitative estimate of drug-likeness (QED) is 0.663. The van der Waals surface area contributed by atoms with Gasteiger partial charge in [-0.15, -0.1) is 0 Å². The Morgan fingerprint density at radius 2 is 2.08 bits per heavy atom. The summed E-state index contributed by atoms with van der Waals surface area (Å²) in [6, 6.07) is 7.50. The number of aryl methyl sites for hydroxylation is 1. The van der Waals surface area contributed by atoms with Crippen molar-refractivity contribution in [1.82, 2.24) is 15.5 Å². The summed E-state index contributed by atoms with van der Waals surface area (Å²) in [5.41, 5.74) is 1.06. The van der Waals surface area contributed by atoms with E-state index in [4.69, 9.17) is 4.52 Å². The number of aromatic nitrogens is 2. The van der Waals surface area contributed by atoms with Crippen LogP contribution in [0.15, 0.2) is 41.1 Å². The van der Waals surface area contributed by atoms with Gasteiger partial charge in [0.05, 0.1) is 5.56 Å². The van der Waals surface area contributed by atoms with Gasteiger partial charge in [0, 0.05) is 23.9 Å². The van der Waals surface area contributed by atoms with Gasteiger partial charge < -0.3 is 14.8 Å². The first-order valence-electron chi connectivity index (χ1n) is 8.25. The summed E-state index contributed by atoms with van der Waals surface area (Å²) >= 11 is 0. The molecular formula is C19H18FN3O3. The number of nitrogens with one attached hydrogen (secondary N) is 2. The van der Waals surface area contributed by atoms with Gasteiger partial charge in [0.1, 0.15) is 23.0 Å². The van der Waals surface area contributed by atoms with Gasteiger partial charge in [0.15, 0.2) is 5.78 Å². The van der Waals surface area contributed by atoms with E-state index in [2.05, 4.69) is 15.5 Å². The Kier molecular flexibility index (Phi) is 4.97. The molecule has 2 heterocycles. The number of benzene rings is 1. The number of halogens is 1. The molecule has 0 saturated heterocycles. The zero-order valence-corrected chi connectivity index (χ0v) is 14.4. The van der Waals surface area contributed by atoms with Crippen LogP contribution in [0.4, 0.5) is 4.39 Å². The largest absolute Gasteiger partial charge is 0.360 e. The van der Waals surface area contributed by atoms with Crippen molar-refractivity contribution < 1.29 is 18.5 Å². The summed E-state index contributed by atoms with van der Waals surface area (Å²) in [5, 5.41) is 6.58. The maximum Gasteiger partial charge on any atom is 0.267 e. The molecule has 2 N–H and O–H groups in total. The van der Waals surface area contributed by atoms with Crippen molar-refractivity contribution in [3.8, 4) is 11.3 Å². The maximum atomic E-state index is 14.1. The molecule has 134 valence electrons. The third-order valence-corrected chi connectivity index (χ3v) is 3.94. The topological polar surface area (TPSA) is 88.0 Å². The fourth-order valence-corrected chi connectivity index (χ4v) is 2.61. The van der Waals surface area contributed by atoms with Crippen molar-refractivity contribution in [3.05, 3.63) is 64.9 Å². The Hall–Kier alpha value is -3.22. The normalized spacial score (nSPS) is 10.7. The summed E-state index contributed by atoms with van der Waals surface area (Å²) in [7, 11) is 0. The van der Waals surface area contributed by atoms with E-state index < -0.39 is 11.6 Å². The molecule has 7 heteroatoms. The Balaban J connectivity index is 1.95. The van der Waals surface area contributed by atoms with Crippen LogP contribution in [-0.2, 0) is 0 Å². The summed E-state index contributed by atoms with van der Waals surface area (Å²) in [4.78, 5) is 27.7. The van der Waals surface area contributed by atoms with E-state index in [1.54, 1.807) is 19.1 Å². The lowest BCUT2D eigenvalue weighted by Gasteiger charge is -2.02. The monoisotopic (exact) mass is 355 g/mol. The molecule has 6 nitrogen and oxygen atoms in total. The Labute approximate surface area is 149 Å². The minimum absolute atomic E-state index is 0.142. The van der Waals surface area contributed by atoms with E-state index >= 15 is 0 Å². The highest BCUT2D eigenvalue weighted by Gasteiger charge is 2.25. The zero-order valence-electron chi connectivity index (χ0n) is 14.4. The van der Waals surface area contributed by atoms with Gasteiger partial charge >= 0.3 is 0 Å². The van der Waals surface area contributed by atoms with E-state index in [0.29, 0.717) is 6.54 Å². The lowest BCUT2D eigenvalue weighted by atomic mass is 9.99. The molecular weight excluding hydrogens is 337 g/mol. The molecule has 0 aliphatic rings. The first-order valence-corrected chi connectivity index (χ1v) is 8.25. The maximum absolute atomic E-state index is 14.1. The SMILES string of the molecule is CCCNC(=O)c1cc(C(=O)c2c(-c3ccccc3F)noc2C)c[nH]1. The Morgan fingerprint density at radius 1 is 1.31 bits per heavy atom. The molecule has 3 aromatic rings. The average molecular weight is 355 g/mol. The lowest BCUT2D eigenvalue weighted by molar-refractivity contribution is 0.0949. The molecule has 2 aromatic heterocycles. The van der Waals surface area contributed by atoms with E-state index in [0.717, 1.165) is 6.42 Å².